The molecule has 6 heteroatoms. The van der Waals surface area contributed by atoms with Crippen molar-refractivity contribution in [2.24, 2.45) is 0 Å². The Morgan fingerprint density at radius 1 is 1.26 bits per heavy atom. The molecule has 2 aromatic rings. The van der Waals surface area contributed by atoms with E-state index in [1.165, 1.54) is 6.07 Å². The molecule has 1 heterocycles. The van der Waals surface area contributed by atoms with Crippen molar-refractivity contribution in [3.8, 4) is 0 Å². The topological polar surface area (TPSA) is 67.3 Å². The maximum Gasteiger partial charge on any atom is 0.354 e. The number of aromatic nitrogens is 1. The van der Waals surface area contributed by atoms with Crippen molar-refractivity contribution in [2.45, 2.75) is 10.6 Å². The maximum absolute atomic E-state index is 12.1. The molecule has 19 heavy (non-hydrogen) atoms. The first-order valence-corrected chi connectivity index (χ1v) is 7.09. The number of rotatable bonds is 4. The predicted molar refractivity (Wildman–Crippen MR) is 72.8 cm³/mol. The van der Waals surface area contributed by atoms with Gasteiger partial charge < -0.3 is 5.11 Å². The molecular weight excluding hydrogens is 286 g/mol. The largest absolute Gasteiger partial charge is 0.477 e. The van der Waals surface area contributed by atoms with E-state index in [2.05, 4.69) is 4.98 Å². The number of hydrogen-bond donors (Lipinski definition) is 1. The first-order chi connectivity index (χ1) is 9.06. The van der Waals surface area contributed by atoms with Gasteiger partial charge in [-0.3, -0.25) is 4.21 Å². The molecule has 0 aliphatic rings. The number of benzene rings is 1. The third kappa shape index (κ3) is 3.62. The van der Waals surface area contributed by atoms with E-state index >= 15 is 0 Å². The summed E-state index contributed by atoms with van der Waals surface area (Å²) in [6, 6.07) is 11.4. The van der Waals surface area contributed by atoms with E-state index in [0.717, 1.165) is 0 Å². The normalized spacial score (nSPS) is 12.1. The van der Waals surface area contributed by atoms with Crippen LogP contribution in [0, 0.1) is 0 Å². The Morgan fingerprint density at radius 3 is 2.68 bits per heavy atom. The first kappa shape index (κ1) is 13.7. The van der Waals surface area contributed by atoms with Gasteiger partial charge in [0, 0.05) is 9.92 Å². The van der Waals surface area contributed by atoms with Gasteiger partial charge in [-0.1, -0.05) is 23.7 Å². The van der Waals surface area contributed by atoms with E-state index in [9.17, 15) is 9.00 Å². The van der Waals surface area contributed by atoms with Crippen molar-refractivity contribution >= 4 is 28.4 Å². The van der Waals surface area contributed by atoms with E-state index in [1.54, 1.807) is 36.4 Å². The summed E-state index contributed by atoms with van der Waals surface area (Å²) in [4.78, 5) is 15.3. The Balaban J connectivity index is 2.19. The highest BCUT2D eigenvalue weighted by atomic mass is 35.5. The lowest BCUT2D eigenvalue weighted by molar-refractivity contribution is 0.0690. The minimum atomic E-state index is -1.31. The summed E-state index contributed by atoms with van der Waals surface area (Å²) >= 11 is 5.83. The van der Waals surface area contributed by atoms with Crippen LogP contribution in [0.25, 0.3) is 0 Å². The molecule has 0 aliphatic heterocycles. The van der Waals surface area contributed by atoms with Gasteiger partial charge >= 0.3 is 5.97 Å². The molecule has 0 radical (unpaired) electrons. The van der Waals surface area contributed by atoms with E-state index in [1.807, 2.05) is 0 Å². The van der Waals surface area contributed by atoms with E-state index in [4.69, 9.17) is 16.7 Å². The van der Waals surface area contributed by atoms with E-state index in [0.29, 0.717) is 15.6 Å². The summed E-state index contributed by atoms with van der Waals surface area (Å²) in [6.45, 7) is 0. The number of carbonyl (C=O) groups is 1. The van der Waals surface area contributed by atoms with Crippen LogP contribution in [0.4, 0.5) is 0 Å². The average Bonchev–Trinajstić information content (AvgIpc) is 2.39. The fourth-order valence-corrected chi connectivity index (χ4v) is 2.85. The van der Waals surface area contributed by atoms with Crippen LogP contribution < -0.4 is 0 Å². The molecule has 0 saturated carbocycles. The SMILES string of the molecule is O=C(O)c1cccc(CS(=O)c2cccc(Cl)c2)n1. The molecule has 0 saturated heterocycles. The molecule has 0 aliphatic carbocycles. The molecule has 98 valence electrons. The number of aromatic carboxylic acids is 1. The third-order valence-electron chi connectivity index (χ3n) is 2.36. The fourth-order valence-electron chi connectivity index (χ4n) is 1.51. The van der Waals surface area contributed by atoms with Gasteiger partial charge in [-0.2, -0.15) is 0 Å². The number of carboxylic acids is 1. The second-order valence-corrected chi connectivity index (χ2v) is 5.65. The second kappa shape index (κ2) is 5.95. The molecule has 0 spiro atoms. The number of nitrogens with zero attached hydrogens (tertiary/aromatic N) is 1. The zero-order chi connectivity index (χ0) is 13.8. The van der Waals surface area contributed by atoms with Crippen LogP contribution in [0.3, 0.4) is 0 Å². The molecule has 2 rings (SSSR count). The number of carboxylic acid groups (broad SMARTS) is 1. The van der Waals surface area contributed by atoms with Crippen LogP contribution in [0.2, 0.25) is 5.02 Å². The second-order valence-electron chi connectivity index (χ2n) is 3.77. The van der Waals surface area contributed by atoms with Crippen molar-refractivity contribution in [3.05, 3.63) is 58.9 Å². The Kier molecular flexibility index (Phi) is 4.29. The van der Waals surface area contributed by atoms with E-state index in [-0.39, 0.29) is 11.4 Å². The van der Waals surface area contributed by atoms with Gasteiger partial charge in [-0.05, 0) is 30.3 Å². The summed E-state index contributed by atoms with van der Waals surface area (Å²) in [5.41, 5.74) is 0.416. The number of pyridine rings is 1. The predicted octanol–water partition coefficient (Wildman–Crippen LogP) is 2.74. The summed E-state index contributed by atoms with van der Waals surface area (Å²) in [5.74, 6) is -0.947. The molecular formula is C13H10ClNO3S. The van der Waals surface area contributed by atoms with E-state index < -0.39 is 16.8 Å². The van der Waals surface area contributed by atoms with Gasteiger partial charge in [0.1, 0.15) is 5.69 Å². The number of hydrogen-bond acceptors (Lipinski definition) is 3. The Bertz CT molecular complexity index is 645. The zero-order valence-electron chi connectivity index (χ0n) is 9.75. The molecule has 1 aromatic heterocycles. The molecule has 4 nitrogen and oxygen atoms in total. The van der Waals surface area contributed by atoms with Crippen LogP contribution in [-0.2, 0) is 16.6 Å². The minimum Gasteiger partial charge on any atom is -0.477 e. The van der Waals surface area contributed by atoms with Crippen molar-refractivity contribution in [2.75, 3.05) is 0 Å². The minimum absolute atomic E-state index is 0.0550. The smallest absolute Gasteiger partial charge is 0.354 e. The molecule has 0 amide bonds. The fraction of sp³-hybridized carbons (Fsp3) is 0.0769. The molecule has 1 atom stereocenters. The highest BCUT2D eigenvalue weighted by Crippen LogP contribution is 2.16. The quantitative estimate of drug-likeness (QED) is 0.942. The van der Waals surface area contributed by atoms with Crippen molar-refractivity contribution in [1.29, 1.82) is 0 Å². The third-order valence-corrected chi connectivity index (χ3v) is 3.94. The van der Waals surface area contributed by atoms with Gasteiger partial charge in [0.25, 0.3) is 0 Å². The lowest BCUT2D eigenvalue weighted by Crippen LogP contribution is -2.04. The maximum atomic E-state index is 12.1. The highest BCUT2D eigenvalue weighted by Gasteiger charge is 2.09. The summed E-state index contributed by atoms with van der Waals surface area (Å²) in [7, 11) is -1.31. The van der Waals surface area contributed by atoms with Crippen LogP contribution in [0.1, 0.15) is 16.2 Å². The van der Waals surface area contributed by atoms with Crippen LogP contribution in [-0.4, -0.2) is 20.3 Å². The number of halogens is 1. The van der Waals surface area contributed by atoms with Crippen molar-refractivity contribution < 1.29 is 14.1 Å². The molecule has 1 N–H and O–H groups in total. The monoisotopic (exact) mass is 295 g/mol. The van der Waals surface area contributed by atoms with Gasteiger partial charge in [0.2, 0.25) is 0 Å². The molecule has 0 bridgehead atoms. The van der Waals surface area contributed by atoms with Crippen molar-refractivity contribution in [1.82, 2.24) is 4.98 Å². The van der Waals surface area contributed by atoms with Crippen LogP contribution in [0.5, 0.6) is 0 Å². The van der Waals surface area contributed by atoms with Gasteiger partial charge in [0.05, 0.1) is 22.2 Å². The Labute approximate surface area is 117 Å². The molecule has 0 fully saturated rings. The lowest BCUT2D eigenvalue weighted by Gasteiger charge is -2.03. The Hall–Kier alpha value is -1.72. The molecule has 1 aromatic carbocycles. The van der Waals surface area contributed by atoms with Gasteiger partial charge in [0.15, 0.2) is 0 Å². The van der Waals surface area contributed by atoms with Gasteiger partial charge in [-0.15, -0.1) is 0 Å². The standard InChI is InChI=1S/C13H10ClNO3S/c14-9-3-1-5-11(7-9)19(18)8-10-4-2-6-12(15-10)13(16)17/h1-7H,8H2,(H,16,17). The first-order valence-electron chi connectivity index (χ1n) is 5.39. The average molecular weight is 296 g/mol. The highest BCUT2D eigenvalue weighted by molar-refractivity contribution is 7.84. The summed E-state index contributed by atoms with van der Waals surface area (Å²) < 4.78 is 12.1. The zero-order valence-corrected chi connectivity index (χ0v) is 11.3. The lowest BCUT2D eigenvalue weighted by atomic mass is 10.3. The van der Waals surface area contributed by atoms with Crippen molar-refractivity contribution in [3.63, 3.8) is 0 Å². The molecule has 1 unspecified atom stereocenters. The van der Waals surface area contributed by atoms with Crippen LogP contribution >= 0.6 is 11.6 Å². The summed E-state index contributed by atoms with van der Waals surface area (Å²) in [5, 5.41) is 9.35. The van der Waals surface area contributed by atoms with Crippen LogP contribution in [0.15, 0.2) is 47.4 Å². The Morgan fingerprint density at radius 2 is 2.00 bits per heavy atom. The summed E-state index contributed by atoms with van der Waals surface area (Å²) in [6.07, 6.45) is 0. The van der Waals surface area contributed by atoms with Gasteiger partial charge in [-0.25, -0.2) is 9.78 Å².